The zero-order valence-electron chi connectivity index (χ0n) is 17.8. The molecule has 1 saturated heterocycles. The van der Waals surface area contributed by atoms with E-state index in [1.807, 2.05) is 57.2 Å². The Labute approximate surface area is 173 Å². The molecule has 4 rings (SSSR count). The summed E-state index contributed by atoms with van der Waals surface area (Å²) in [6, 6.07) is 6.02. The van der Waals surface area contributed by atoms with Gasteiger partial charge in [-0.1, -0.05) is 13.8 Å². The van der Waals surface area contributed by atoms with Gasteiger partial charge in [0.25, 0.3) is 0 Å². The number of anilines is 2. The number of nitrogens with one attached hydrogen (secondary N) is 2. The van der Waals surface area contributed by atoms with Crippen molar-refractivity contribution in [2.45, 2.75) is 26.7 Å². The molecule has 1 unspecified atom stereocenters. The molecule has 1 atom stereocenters. The molecule has 1 fully saturated rings. The van der Waals surface area contributed by atoms with E-state index < -0.39 is 0 Å². The lowest BCUT2D eigenvalue weighted by Crippen LogP contribution is -2.33. The minimum Gasteiger partial charge on any atom is -0.368 e. The van der Waals surface area contributed by atoms with E-state index in [4.69, 9.17) is 4.98 Å². The maximum absolute atomic E-state index is 4.84. The Balaban J connectivity index is 0.00000117. The van der Waals surface area contributed by atoms with Crippen LogP contribution in [0.4, 0.5) is 11.6 Å². The van der Waals surface area contributed by atoms with Crippen molar-refractivity contribution in [1.82, 2.24) is 25.3 Å². The number of aromatic nitrogens is 4. The number of hydrogen-bond acceptors (Lipinski definition) is 7. The molecule has 0 bridgehead atoms. The highest BCUT2D eigenvalue weighted by molar-refractivity contribution is 5.88. The Kier molecular flexibility index (Phi) is 7.30. The van der Waals surface area contributed by atoms with Gasteiger partial charge in [0.05, 0.1) is 11.2 Å². The van der Waals surface area contributed by atoms with Gasteiger partial charge >= 0.3 is 0 Å². The summed E-state index contributed by atoms with van der Waals surface area (Å²) in [4.78, 5) is 20.3. The third-order valence-corrected chi connectivity index (χ3v) is 4.92. The second kappa shape index (κ2) is 10.1. The summed E-state index contributed by atoms with van der Waals surface area (Å²) in [5.41, 5.74) is 3.46. The first-order valence-corrected chi connectivity index (χ1v) is 10.4. The molecule has 29 heavy (non-hydrogen) atoms. The molecule has 0 aliphatic carbocycles. The molecular weight excluding hydrogens is 362 g/mol. The largest absolute Gasteiger partial charge is 0.368 e. The van der Waals surface area contributed by atoms with Crippen molar-refractivity contribution in [1.29, 1.82) is 0 Å². The molecule has 154 valence electrons. The lowest BCUT2D eigenvalue weighted by atomic mass is 10.00. The van der Waals surface area contributed by atoms with Crippen LogP contribution in [-0.4, -0.2) is 53.7 Å². The van der Waals surface area contributed by atoms with Crippen LogP contribution in [0.25, 0.3) is 22.3 Å². The first-order valence-electron chi connectivity index (χ1n) is 10.4. The summed E-state index contributed by atoms with van der Waals surface area (Å²) in [6.07, 6.45) is 7.75. The van der Waals surface area contributed by atoms with Crippen LogP contribution in [0.15, 0.2) is 36.8 Å². The van der Waals surface area contributed by atoms with Gasteiger partial charge in [-0.25, -0.2) is 15.0 Å². The van der Waals surface area contributed by atoms with E-state index in [2.05, 4.69) is 25.6 Å². The molecule has 3 aromatic heterocycles. The fourth-order valence-electron chi connectivity index (χ4n) is 3.38. The van der Waals surface area contributed by atoms with Gasteiger partial charge < -0.3 is 15.5 Å². The van der Waals surface area contributed by atoms with Crippen LogP contribution < -0.4 is 15.5 Å². The molecule has 0 spiro atoms. The van der Waals surface area contributed by atoms with Gasteiger partial charge in [-0.15, -0.1) is 0 Å². The number of rotatable bonds is 5. The quantitative estimate of drug-likeness (QED) is 0.686. The molecular formula is C22H31N7. The van der Waals surface area contributed by atoms with E-state index >= 15 is 0 Å². The number of hydrogen-bond donors (Lipinski definition) is 2. The van der Waals surface area contributed by atoms with Gasteiger partial charge in [0.15, 0.2) is 5.82 Å². The fraction of sp³-hybridized carbons (Fsp3) is 0.455. The van der Waals surface area contributed by atoms with E-state index in [0.29, 0.717) is 5.92 Å². The van der Waals surface area contributed by atoms with Crippen molar-refractivity contribution in [2.24, 2.45) is 5.92 Å². The smallest absolute Gasteiger partial charge is 0.154 e. The van der Waals surface area contributed by atoms with E-state index in [1.54, 1.807) is 12.4 Å². The summed E-state index contributed by atoms with van der Waals surface area (Å²) >= 11 is 0. The first-order chi connectivity index (χ1) is 14.2. The molecule has 0 aromatic carbocycles. The number of piperidine rings is 1. The second-order valence-corrected chi connectivity index (χ2v) is 7.17. The lowest BCUT2D eigenvalue weighted by molar-refractivity contribution is 0.392. The topological polar surface area (TPSA) is 78.9 Å². The van der Waals surface area contributed by atoms with Gasteiger partial charge in [-0.3, -0.25) is 4.98 Å². The number of nitrogens with zero attached hydrogens (tertiary/aromatic N) is 5. The summed E-state index contributed by atoms with van der Waals surface area (Å²) < 4.78 is 0. The highest BCUT2D eigenvalue weighted by Crippen LogP contribution is 2.26. The van der Waals surface area contributed by atoms with E-state index in [-0.39, 0.29) is 0 Å². The Bertz CT molecular complexity index is 903. The van der Waals surface area contributed by atoms with Crippen LogP contribution >= 0.6 is 0 Å². The van der Waals surface area contributed by atoms with Crippen LogP contribution in [-0.2, 0) is 0 Å². The van der Waals surface area contributed by atoms with Crippen molar-refractivity contribution in [3.05, 3.63) is 36.8 Å². The van der Waals surface area contributed by atoms with Crippen molar-refractivity contribution in [3.8, 4) is 11.3 Å². The van der Waals surface area contributed by atoms with E-state index in [1.165, 1.54) is 12.8 Å². The Morgan fingerprint density at radius 2 is 1.97 bits per heavy atom. The maximum atomic E-state index is 4.84. The summed E-state index contributed by atoms with van der Waals surface area (Å²) in [5.74, 6) is 2.32. The summed E-state index contributed by atoms with van der Waals surface area (Å²) in [5, 5.41) is 6.97. The van der Waals surface area contributed by atoms with Crippen LogP contribution in [0, 0.1) is 5.92 Å². The number of pyridine rings is 2. The second-order valence-electron chi connectivity index (χ2n) is 7.17. The Morgan fingerprint density at radius 3 is 2.66 bits per heavy atom. The fourth-order valence-corrected chi connectivity index (χ4v) is 3.38. The van der Waals surface area contributed by atoms with E-state index in [9.17, 15) is 0 Å². The van der Waals surface area contributed by atoms with Crippen LogP contribution in [0.1, 0.15) is 26.7 Å². The predicted octanol–water partition coefficient (Wildman–Crippen LogP) is 3.59. The maximum Gasteiger partial charge on any atom is 0.154 e. The van der Waals surface area contributed by atoms with Crippen molar-refractivity contribution in [3.63, 3.8) is 0 Å². The minimum atomic E-state index is 0.608. The average molecular weight is 394 g/mol. The third kappa shape index (κ3) is 5.17. The highest BCUT2D eigenvalue weighted by Gasteiger charge is 2.15. The molecule has 1 aliphatic heterocycles. The van der Waals surface area contributed by atoms with Gasteiger partial charge in [-0.2, -0.15) is 0 Å². The average Bonchev–Trinajstić information content (AvgIpc) is 2.79. The van der Waals surface area contributed by atoms with Gasteiger partial charge in [0.1, 0.15) is 11.3 Å². The molecule has 7 heteroatoms. The molecule has 7 nitrogen and oxygen atoms in total. The van der Waals surface area contributed by atoms with Gasteiger partial charge in [0.2, 0.25) is 0 Å². The Morgan fingerprint density at radius 1 is 1.14 bits per heavy atom. The van der Waals surface area contributed by atoms with Crippen LogP contribution in [0.3, 0.4) is 0 Å². The third-order valence-electron chi connectivity index (χ3n) is 4.92. The lowest BCUT2D eigenvalue weighted by Gasteiger charge is -2.23. The van der Waals surface area contributed by atoms with Crippen LogP contribution in [0.5, 0.6) is 0 Å². The van der Waals surface area contributed by atoms with Gasteiger partial charge in [-0.05, 0) is 50.0 Å². The predicted molar refractivity (Wildman–Crippen MR) is 120 cm³/mol. The minimum absolute atomic E-state index is 0.608. The summed E-state index contributed by atoms with van der Waals surface area (Å²) in [6.45, 7) is 7.05. The SMILES string of the molecule is CC.CN(C)c1ccc(-c2cc3nccnc3c(NCC3CCCNC3)n2)cn1. The molecule has 0 radical (unpaired) electrons. The van der Waals surface area contributed by atoms with Crippen molar-refractivity contribution in [2.75, 3.05) is 43.9 Å². The molecule has 0 amide bonds. The molecule has 4 heterocycles. The van der Waals surface area contributed by atoms with E-state index in [0.717, 1.165) is 53.6 Å². The number of fused-ring (bicyclic) bond motifs is 1. The van der Waals surface area contributed by atoms with Crippen LogP contribution in [0.2, 0.25) is 0 Å². The van der Waals surface area contributed by atoms with Crippen molar-refractivity contribution < 1.29 is 0 Å². The Hall–Kier alpha value is -2.80. The zero-order valence-corrected chi connectivity index (χ0v) is 17.8. The van der Waals surface area contributed by atoms with Crippen molar-refractivity contribution >= 4 is 22.7 Å². The molecule has 2 N–H and O–H groups in total. The van der Waals surface area contributed by atoms with Gasteiger partial charge in [0, 0.05) is 44.8 Å². The molecule has 3 aromatic rings. The summed E-state index contributed by atoms with van der Waals surface area (Å²) in [7, 11) is 3.96. The molecule has 1 aliphatic rings. The normalized spacial score (nSPS) is 16.1. The zero-order chi connectivity index (χ0) is 20.6. The standard InChI is InChI=1S/C20H25N7.C2H6/c1-27(2)18-6-5-15(13-24-18)16-10-17-19(23-9-8-22-17)20(26-16)25-12-14-4-3-7-21-11-14;1-2/h5-6,8-10,13-14,21H,3-4,7,11-12H2,1-2H3,(H,25,26);1-2H3. The first kappa shape index (κ1) is 20.9. The highest BCUT2D eigenvalue weighted by atomic mass is 15.1. The monoisotopic (exact) mass is 393 g/mol. The molecule has 0 saturated carbocycles.